The molecule has 8 nitrogen and oxygen atoms in total. The van der Waals surface area contributed by atoms with Gasteiger partial charge < -0.3 is 4.90 Å². The number of thiazole rings is 1. The molecular weight excluding hydrogens is 585 g/mol. The Bertz CT molecular complexity index is 2090. The highest BCUT2D eigenvalue weighted by atomic mass is 32.1. The average Bonchev–Trinajstić information content (AvgIpc) is 3.72. The first-order chi connectivity index (χ1) is 21.5. The lowest BCUT2D eigenvalue weighted by Crippen LogP contribution is -2.08. The third-order valence-corrected chi connectivity index (χ3v) is 8.94. The quantitative estimate of drug-likeness (QED) is 0.113. The van der Waals surface area contributed by atoms with E-state index in [9.17, 15) is 15.8 Å². The number of fused-ring (bicyclic) bond motifs is 2. The average molecular weight is 603 g/mol. The smallest absolute Gasteiger partial charge is 0.270 e. The van der Waals surface area contributed by atoms with E-state index in [4.69, 9.17) is 6.57 Å². The molecule has 0 amide bonds. The number of allylic oxidation sites excluding steroid dienone is 5. The third kappa shape index (κ3) is 5.15. The lowest BCUT2D eigenvalue weighted by Gasteiger charge is -2.19. The first-order valence-corrected chi connectivity index (χ1v) is 14.8. The van der Waals surface area contributed by atoms with Crippen LogP contribution in [-0.4, -0.2) is 12.0 Å². The molecule has 10 heteroatoms. The molecule has 0 spiro atoms. The first kappa shape index (κ1) is 28.0. The number of aromatic nitrogens is 1. The SMILES string of the molecule is [C-]#[N+]/C(C#N)=C1/C(=C/c2cc3sc(N=Nc4ccc(N(C)c5ccccc5)cc4)nc3s2)C(=C(C#N)C#N)c2ccccc21. The molecule has 0 bridgehead atoms. The first-order valence-electron chi connectivity index (χ1n) is 13.1. The number of azo groups is 1. The van der Waals surface area contributed by atoms with Crippen LogP contribution in [0.1, 0.15) is 16.0 Å². The number of benzene rings is 3. The van der Waals surface area contributed by atoms with Gasteiger partial charge in [-0.1, -0.05) is 53.8 Å². The highest BCUT2D eigenvalue weighted by molar-refractivity contribution is 7.29. The monoisotopic (exact) mass is 602 g/mol. The second kappa shape index (κ2) is 12.0. The number of para-hydroxylation sites is 1. The van der Waals surface area contributed by atoms with E-state index in [0.29, 0.717) is 38.7 Å². The molecule has 2 heterocycles. The fourth-order valence-electron chi connectivity index (χ4n) is 4.92. The van der Waals surface area contributed by atoms with E-state index < -0.39 is 0 Å². The van der Waals surface area contributed by atoms with Crippen molar-refractivity contribution in [3.63, 3.8) is 0 Å². The number of nitriles is 3. The maximum atomic E-state index is 9.74. The van der Waals surface area contributed by atoms with E-state index in [1.807, 2.05) is 79.9 Å². The molecule has 2 aromatic heterocycles. The Morgan fingerprint density at radius 1 is 0.841 bits per heavy atom. The van der Waals surface area contributed by atoms with Crippen LogP contribution >= 0.6 is 22.7 Å². The second-order valence-electron chi connectivity index (χ2n) is 9.45. The van der Waals surface area contributed by atoms with Gasteiger partial charge in [-0.2, -0.15) is 10.5 Å². The van der Waals surface area contributed by atoms with Crippen molar-refractivity contribution in [1.82, 2.24) is 4.98 Å². The van der Waals surface area contributed by atoms with Gasteiger partial charge in [0.1, 0.15) is 22.5 Å². The van der Waals surface area contributed by atoms with Crippen LogP contribution in [0.25, 0.3) is 31.6 Å². The Balaban J connectivity index is 1.31. The number of thiophene rings is 1. The van der Waals surface area contributed by atoms with Crippen molar-refractivity contribution in [3.8, 4) is 18.2 Å². The molecule has 1 aliphatic carbocycles. The van der Waals surface area contributed by atoms with Crippen LogP contribution in [0.5, 0.6) is 0 Å². The van der Waals surface area contributed by atoms with Crippen molar-refractivity contribution in [2.45, 2.75) is 0 Å². The van der Waals surface area contributed by atoms with Crippen LogP contribution < -0.4 is 4.90 Å². The Labute approximate surface area is 261 Å². The van der Waals surface area contributed by atoms with Gasteiger partial charge in [-0.3, -0.25) is 0 Å². The van der Waals surface area contributed by atoms with Crippen LogP contribution in [0.3, 0.4) is 0 Å². The predicted molar refractivity (Wildman–Crippen MR) is 174 cm³/mol. The van der Waals surface area contributed by atoms with Gasteiger partial charge in [0, 0.05) is 34.4 Å². The van der Waals surface area contributed by atoms with Gasteiger partial charge in [0.2, 0.25) is 5.13 Å². The number of nitrogens with zero attached hydrogens (tertiary/aromatic N) is 8. The molecule has 5 aromatic rings. The van der Waals surface area contributed by atoms with E-state index in [0.717, 1.165) is 25.8 Å². The number of hydrogen-bond acceptors (Lipinski definition) is 9. The number of anilines is 2. The summed E-state index contributed by atoms with van der Waals surface area (Å²) in [5.74, 6) is 0. The standard InChI is InChI=1S/C34H18N8S2/c1-38-29(20-37)32-27-11-7-6-10-26(27)31(21(18-35)19-36)28(32)16-25-17-30-33(43-25)39-34(44-30)41-40-22-12-14-24(15-13-22)42(2)23-8-4-3-5-9-23/h3-17H,2H3/b28-16+,32-29+,41-40?. The number of hydrogen-bond donors (Lipinski definition) is 0. The summed E-state index contributed by atoms with van der Waals surface area (Å²) in [4.78, 5) is 11.7. The van der Waals surface area contributed by atoms with E-state index in [1.165, 1.54) is 22.7 Å². The lowest BCUT2D eigenvalue weighted by atomic mass is 9.97. The molecule has 1 aliphatic rings. The Morgan fingerprint density at radius 3 is 2.14 bits per heavy atom. The zero-order chi connectivity index (χ0) is 30.6. The number of rotatable bonds is 5. The molecule has 0 N–H and O–H groups in total. The maximum absolute atomic E-state index is 9.74. The molecule has 6 rings (SSSR count). The molecule has 0 saturated carbocycles. The molecule has 0 aliphatic heterocycles. The van der Waals surface area contributed by atoms with Crippen molar-refractivity contribution >= 4 is 71.6 Å². The molecule has 44 heavy (non-hydrogen) atoms. The van der Waals surface area contributed by atoms with Crippen LogP contribution in [0.4, 0.5) is 22.2 Å². The van der Waals surface area contributed by atoms with E-state index in [2.05, 4.69) is 37.1 Å². The Hall–Kier alpha value is -6.17. The van der Waals surface area contributed by atoms with E-state index >= 15 is 0 Å². The Morgan fingerprint density at radius 2 is 1.50 bits per heavy atom. The minimum Gasteiger partial charge on any atom is -0.345 e. The molecule has 0 unspecified atom stereocenters. The van der Waals surface area contributed by atoms with Gasteiger partial charge >= 0.3 is 0 Å². The van der Waals surface area contributed by atoms with E-state index in [1.54, 1.807) is 24.3 Å². The molecule has 0 atom stereocenters. The molecule has 3 aromatic carbocycles. The second-order valence-corrected chi connectivity index (χ2v) is 11.5. The van der Waals surface area contributed by atoms with Crippen molar-refractivity contribution < 1.29 is 0 Å². The van der Waals surface area contributed by atoms with Crippen molar-refractivity contribution in [3.05, 3.63) is 129 Å². The zero-order valence-electron chi connectivity index (χ0n) is 23.1. The Kier molecular flexibility index (Phi) is 7.61. The molecule has 206 valence electrons. The normalized spacial score (nSPS) is 14.1. The van der Waals surface area contributed by atoms with Gasteiger partial charge in [-0.15, -0.1) is 21.6 Å². The summed E-state index contributed by atoms with van der Waals surface area (Å²) in [6, 6.07) is 33.0. The van der Waals surface area contributed by atoms with Gasteiger partial charge in [-0.05, 0) is 65.2 Å². The molecule has 0 fully saturated rings. The van der Waals surface area contributed by atoms with Crippen LogP contribution in [0.15, 0.2) is 112 Å². The van der Waals surface area contributed by atoms with Crippen molar-refractivity contribution in [2.75, 3.05) is 11.9 Å². The topological polar surface area (TPSA) is 117 Å². The highest BCUT2D eigenvalue weighted by Crippen LogP contribution is 2.49. The summed E-state index contributed by atoms with van der Waals surface area (Å²) in [7, 11) is 2.01. The summed E-state index contributed by atoms with van der Waals surface area (Å²) >= 11 is 2.80. The van der Waals surface area contributed by atoms with Crippen LogP contribution in [-0.2, 0) is 0 Å². The summed E-state index contributed by atoms with van der Waals surface area (Å²) in [6.45, 7) is 7.60. The van der Waals surface area contributed by atoms with Gasteiger partial charge in [-0.25, -0.2) is 15.1 Å². The summed E-state index contributed by atoms with van der Waals surface area (Å²) in [5, 5.41) is 38.4. The summed E-state index contributed by atoms with van der Waals surface area (Å²) in [5.41, 5.74) is 5.24. The zero-order valence-corrected chi connectivity index (χ0v) is 24.7. The van der Waals surface area contributed by atoms with Crippen LogP contribution in [0, 0.1) is 40.6 Å². The summed E-state index contributed by atoms with van der Waals surface area (Å²) < 4.78 is 0.897. The minimum absolute atomic E-state index is 0.0834. The predicted octanol–water partition coefficient (Wildman–Crippen LogP) is 9.59. The summed E-state index contributed by atoms with van der Waals surface area (Å²) in [6.07, 6.45) is 1.82. The minimum atomic E-state index is -0.104. The lowest BCUT2D eigenvalue weighted by molar-refractivity contribution is 1.19. The maximum Gasteiger partial charge on any atom is 0.270 e. The van der Waals surface area contributed by atoms with E-state index in [-0.39, 0.29) is 11.3 Å². The van der Waals surface area contributed by atoms with Gasteiger partial charge in [0.25, 0.3) is 5.70 Å². The largest absolute Gasteiger partial charge is 0.345 e. The van der Waals surface area contributed by atoms with Crippen molar-refractivity contribution in [2.24, 2.45) is 10.2 Å². The van der Waals surface area contributed by atoms with Crippen LogP contribution in [0.2, 0.25) is 0 Å². The highest BCUT2D eigenvalue weighted by Gasteiger charge is 2.32. The molecular formula is C34H18N8S2. The fourth-order valence-corrected chi connectivity index (χ4v) is 6.90. The van der Waals surface area contributed by atoms with Gasteiger partial charge in [0.15, 0.2) is 0 Å². The van der Waals surface area contributed by atoms with Crippen molar-refractivity contribution in [1.29, 1.82) is 15.8 Å². The van der Waals surface area contributed by atoms with Gasteiger partial charge in [0.05, 0.1) is 23.0 Å². The third-order valence-electron chi connectivity index (χ3n) is 6.95. The molecule has 0 saturated heterocycles. The fraction of sp³-hybridized carbons (Fsp3) is 0.0294. The molecule has 0 radical (unpaired) electrons.